The van der Waals surface area contributed by atoms with Gasteiger partial charge in [0, 0.05) is 17.5 Å². The minimum Gasteiger partial charge on any atom is -0.497 e. The Bertz CT molecular complexity index is 1120. The molecule has 0 aliphatic heterocycles. The summed E-state index contributed by atoms with van der Waals surface area (Å²) in [5.41, 5.74) is 2.17. The van der Waals surface area contributed by atoms with E-state index in [4.69, 9.17) is 9.72 Å². The quantitative estimate of drug-likeness (QED) is 0.609. The van der Waals surface area contributed by atoms with Gasteiger partial charge in [-0.2, -0.15) is 5.10 Å². The molecule has 0 bridgehead atoms. The van der Waals surface area contributed by atoms with E-state index in [9.17, 15) is 4.79 Å². The number of ether oxygens (including phenoxy) is 1. The molecule has 4 rings (SSSR count). The molecule has 0 aliphatic carbocycles. The highest BCUT2D eigenvalue weighted by molar-refractivity contribution is 6.09. The summed E-state index contributed by atoms with van der Waals surface area (Å²) in [6, 6.07) is 16.9. The van der Waals surface area contributed by atoms with Crippen molar-refractivity contribution in [1.82, 2.24) is 14.8 Å². The van der Waals surface area contributed by atoms with Crippen LogP contribution in [-0.4, -0.2) is 27.8 Å². The predicted octanol–water partition coefficient (Wildman–Crippen LogP) is 3.87. The smallest absolute Gasteiger partial charge is 0.257 e. The Hall–Kier alpha value is -3.41. The molecule has 0 saturated carbocycles. The Labute approximate surface area is 150 Å². The molecular formula is C20H18N4O2. The topological polar surface area (TPSA) is 69.0 Å². The molecule has 1 N–H and O–H groups in total. The van der Waals surface area contributed by atoms with Gasteiger partial charge in [-0.15, -0.1) is 0 Å². The molecule has 0 fully saturated rings. The van der Waals surface area contributed by atoms with Crippen LogP contribution < -0.4 is 10.1 Å². The zero-order valence-corrected chi connectivity index (χ0v) is 14.6. The molecule has 0 unspecified atom stereocenters. The maximum Gasteiger partial charge on any atom is 0.257 e. The standard InChI is InChI=1S/C20H18N4O2/c1-3-24-19-16(12-13-7-4-5-10-17(13)21-19)18(23-24)22-20(25)14-8-6-9-15(11-14)26-2/h4-12H,3H2,1-2H3,(H,22,23,25). The summed E-state index contributed by atoms with van der Waals surface area (Å²) in [5.74, 6) is 0.905. The Balaban J connectivity index is 1.78. The normalized spacial score (nSPS) is 11.0. The van der Waals surface area contributed by atoms with E-state index >= 15 is 0 Å². The molecule has 0 atom stereocenters. The predicted molar refractivity (Wildman–Crippen MR) is 102 cm³/mol. The molecule has 1 amide bonds. The lowest BCUT2D eigenvalue weighted by Gasteiger charge is -2.05. The second-order valence-corrected chi connectivity index (χ2v) is 5.90. The van der Waals surface area contributed by atoms with E-state index in [1.807, 2.05) is 37.3 Å². The first-order chi connectivity index (χ1) is 12.7. The second kappa shape index (κ2) is 6.48. The van der Waals surface area contributed by atoms with E-state index in [1.165, 1.54) is 0 Å². The molecule has 0 aliphatic rings. The summed E-state index contributed by atoms with van der Waals surface area (Å²) in [7, 11) is 1.57. The number of aromatic nitrogens is 3. The lowest BCUT2D eigenvalue weighted by molar-refractivity contribution is 0.102. The molecule has 2 aromatic carbocycles. The number of aryl methyl sites for hydroxylation is 1. The molecule has 6 heteroatoms. The molecule has 130 valence electrons. The van der Waals surface area contributed by atoms with Crippen LogP contribution in [-0.2, 0) is 6.54 Å². The average molecular weight is 346 g/mol. The van der Waals surface area contributed by atoms with Crippen LogP contribution >= 0.6 is 0 Å². The van der Waals surface area contributed by atoms with Gasteiger partial charge in [0.2, 0.25) is 0 Å². The van der Waals surface area contributed by atoms with Crippen molar-refractivity contribution in [2.24, 2.45) is 0 Å². The van der Waals surface area contributed by atoms with Crippen LogP contribution in [0.25, 0.3) is 21.9 Å². The van der Waals surface area contributed by atoms with Gasteiger partial charge in [-0.1, -0.05) is 24.3 Å². The number of nitrogens with one attached hydrogen (secondary N) is 1. The minimum atomic E-state index is -0.236. The number of para-hydroxylation sites is 1. The summed E-state index contributed by atoms with van der Waals surface area (Å²) < 4.78 is 6.98. The van der Waals surface area contributed by atoms with Crippen molar-refractivity contribution < 1.29 is 9.53 Å². The number of amides is 1. The number of methoxy groups -OCH3 is 1. The maximum absolute atomic E-state index is 12.7. The summed E-state index contributed by atoms with van der Waals surface area (Å²) in [6.45, 7) is 2.66. The number of hydrogen-bond acceptors (Lipinski definition) is 4. The Kier molecular flexibility index (Phi) is 4.01. The minimum absolute atomic E-state index is 0.236. The highest BCUT2D eigenvalue weighted by atomic mass is 16.5. The molecule has 6 nitrogen and oxygen atoms in total. The van der Waals surface area contributed by atoms with Crippen molar-refractivity contribution in [3.05, 3.63) is 60.2 Å². The molecule has 2 heterocycles. The van der Waals surface area contributed by atoms with Gasteiger partial charge in [0.15, 0.2) is 11.5 Å². The van der Waals surface area contributed by atoms with Crippen LogP contribution in [0.5, 0.6) is 5.75 Å². The monoisotopic (exact) mass is 346 g/mol. The van der Waals surface area contributed by atoms with Crippen molar-refractivity contribution in [3.8, 4) is 5.75 Å². The lowest BCUT2D eigenvalue weighted by atomic mass is 10.1. The third-order valence-corrected chi connectivity index (χ3v) is 4.29. The first kappa shape index (κ1) is 16.1. The highest BCUT2D eigenvalue weighted by Gasteiger charge is 2.16. The third-order valence-electron chi connectivity index (χ3n) is 4.29. The van der Waals surface area contributed by atoms with E-state index in [-0.39, 0.29) is 5.91 Å². The highest BCUT2D eigenvalue weighted by Crippen LogP contribution is 2.26. The largest absolute Gasteiger partial charge is 0.497 e. The number of nitrogens with zero attached hydrogens (tertiary/aromatic N) is 3. The zero-order valence-electron chi connectivity index (χ0n) is 14.6. The van der Waals surface area contributed by atoms with E-state index < -0.39 is 0 Å². The zero-order chi connectivity index (χ0) is 18.1. The number of benzene rings is 2. The van der Waals surface area contributed by atoms with Crippen LogP contribution in [0.2, 0.25) is 0 Å². The summed E-state index contributed by atoms with van der Waals surface area (Å²) in [6.07, 6.45) is 0. The first-order valence-corrected chi connectivity index (χ1v) is 8.41. The summed E-state index contributed by atoms with van der Waals surface area (Å²) >= 11 is 0. The summed E-state index contributed by atoms with van der Waals surface area (Å²) in [5, 5.41) is 9.26. The maximum atomic E-state index is 12.7. The lowest BCUT2D eigenvalue weighted by Crippen LogP contribution is -2.13. The van der Waals surface area contributed by atoms with E-state index in [0.717, 1.165) is 21.9 Å². The van der Waals surface area contributed by atoms with Gasteiger partial charge in [0.05, 0.1) is 18.0 Å². The van der Waals surface area contributed by atoms with Gasteiger partial charge in [-0.05, 0) is 37.3 Å². The number of anilines is 1. The van der Waals surface area contributed by atoms with E-state index in [2.05, 4.69) is 10.4 Å². The van der Waals surface area contributed by atoms with E-state index in [1.54, 1.807) is 36.1 Å². The van der Waals surface area contributed by atoms with Crippen molar-refractivity contribution >= 4 is 33.7 Å². The SMILES string of the molecule is CCn1nc(NC(=O)c2cccc(OC)c2)c2cc3ccccc3nc21. The van der Waals surface area contributed by atoms with Crippen molar-refractivity contribution in [2.75, 3.05) is 12.4 Å². The number of carbonyl (C=O) groups is 1. The molecule has 4 aromatic rings. The van der Waals surface area contributed by atoms with E-state index in [0.29, 0.717) is 23.7 Å². The van der Waals surface area contributed by atoms with Crippen LogP contribution in [0.15, 0.2) is 54.6 Å². The first-order valence-electron chi connectivity index (χ1n) is 8.41. The Morgan fingerprint density at radius 3 is 2.81 bits per heavy atom. The number of carbonyl (C=O) groups excluding carboxylic acids is 1. The Morgan fingerprint density at radius 1 is 1.15 bits per heavy atom. The fourth-order valence-electron chi connectivity index (χ4n) is 2.96. The molecule has 0 radical (unpaired) electrons. The molecule has 26 heavy (non-hydrogen) atoms. The number of rotatable bonds is 4. The van der Waals surface area contributed by atoms with Gasteiger partial charge >= 0.3 is 0 Å². The van der Waals surface area contributed by atoms with Gasteiger partial charge in [0.1, 0.15) is 5.75 Å². The third kappa shape index (κ3) is 2.75. The van der Waals surface area contributed by atoms with Crippen LogP contribution in [0.3, 0.4) is 0 Å². The van der Waals surface area contributed by atoms with Crippen molar-refractivity contribution in [3.63, 3.8) is 0 Å². The number of pyridine rings is 1. The molecular weight excluding hydrogens is 328 g/mol. The fourth-order valence-corrected chi connectivity index (χ4v) is 2.96. The molecule has 2 aromatic heterocycles. The van der Waals surface area contributed by atoms with Crippen LogP contribution in [0.4, 0.5) is 5.82 Å². The van der Waals surface area contributed by atoms with Gasteiger partial charge in [-0.3, -0.25) is 4.79 Å². The number of hydrogen-bond donors (Lipinski definition) is 1. The van der Waals surface area contributed by atoms with Crippen molar-refractivity contribution in [2.45, 2.75) is 13.5 Å². The van der Waals surface area contributed by atoms with Crippen LogP contribution in [0.1, 0.15) is 17.3 Å². The average Bonchev–Trinajstić information content (AvgIpc) is 3.02. The van der Waals surface area contributed by atoms with Crippen LogP contribution in [0, 0.1) is 0 Å². The summed E-state index contributed by atoms with van der Waals surface area (Å²) in [4.78, 5) is 17.4. The van der Waals surface area contributed by atoms with Gasteiger partial charge in [0.25, 0.3) is 5.91 Å². The Morgan fingerprint density at radius 2 is 2.00 bits per heavy atom. The fraction of sp³-hybridized carbons (Fsp3) is 0.150. The van der Waals surface area contributed by atoms with Crippen molar-refractivity contribution in [1.29, 1.82) is 0 Å². The van der Waals surface area contributed by atoms with Gasteiger partial charge < -0.3 is 10.1 Å². The second-order valence-electron chi connectivity index (χ2n) is 5.90. The number of fused-ring (bicyclic) bond motifs is 2. The molecule has 0 saturated heterocycles. The molecule has 0 spiro atoms. The van der Waals surface area contributed by atoms with Gasteiger partial charge in [-0.25, -0.2) is 9.67 Å².